The summed E-state index contributed by atoms with van der Waals surface area (Å²) in [5.41, 5.74) is 0.0477. The molecule has 1 saturated heterocycles. The first kappa shape index (κ1) is 13.8. The first-order chi connectivity index (χ1) is 7.19. The van der Waals surface area contributed by atoms with Crippen LogP contribution in [-0.2, 0) is 4.79 Å². The van der Waals surface area contributed by atoms with Gasteiger partial charge in [-0.3, -0.25) is 4.79 Å². The summed E-state index contributed by atoms with van der Waals surface area (Å²) >= 11 is 0. The molecule has 1 atom stereocenters. The van der Waals surface area contributed by atoms with Crippen molar-refractivity contribution in [2.24, 2.45) is 5.41 Å². The van der Waals surface area contributed by atoms with Crippen molar-refractivity contribution in [3.8, 4) is 0 Å². The Morgan fingerprint density at radius 1 is 1.50 bits per heavy atom. The lowest BCUT2D eigenvalue weighted by Gasteiger charge is -2.28. The summed E-state index contributed by atoms with van der Waals surface area (Å²) in [6, 6.07) is 0.437. The maximum absolute atomic E-state index is 12.3. The quantitative estimate of drug-likeness (QED) is 0.821. The molecule has 1 N–H and O–H groups in total. The fourth-order valence-corrected chi connectivity index (χ4v) is 2.71. The van der Waals surface area contributed by atoms with Gasteiger partial charge in [0.05, 0.1) is 0 Å². The normalized spacial score (nSPS) is 26.0. The molecule has 94 valence electrons. The van der Waals surface area contributed by atoms with E-state index in [1.165, 1.54) is 0 Å². The summed E-state index contributed by atoms with van der Waals surface area (Å²) < 4.78 is 0. The van der Waals surface area contributed by atoms with E-state index in [0.29, 0.717) is 11.9 Å². The number of hydrogen-bond donors (Lipinski definition) is 1. The van der Waals surface area contributed by atoms with E-state index >= 15 is 0 Å². The molecule has 3 nitrogen and oxygen atoms in total. The minimum absolute atomic E-state index is 0. The molecule has 0 spiro atoms. The smallest absolute Gasteiger partial charge is 0.228 e. The molecule has 1 aliphatic carbocycles. The van der Waals surface area contributed by atoms with Crippen molar-refractivity contribution in [1.82, 2.24) is 10.2 Å². The van der Waals surface area contributed by atoms with Crippen molar-refractivity contribution in [1.29, 1.82) is 0 Å². The Kier molecular flexibility index (Phi) is 4.62. The summed E-state index contributed by atoms with van der Waals surface area (Å²) in [4.78, 5) is 14.3. The molecule has 0 aromatic rings. The van der Waals surface area contributed by atoms with Crippen molar-refractivity contribution in [3.63, 3.8) is 0 Å². The molecule has 0 bridgehead atoms. The number of hydrogen-bond acceptors (Lipinski definition) is 2. The third kappa shape index (κ3) is 2.51. The molecular weight excluding hydrogens is 224 g/mol. The largest absolute Gasteiger partial charge is 0.341 e. The molecule has 1 heterocycles. The third-order valence-corrected chi connectivity index (χ3v) is 3.94. The Labute approximate surface area is 104 Å². The van der Waals surface area contributed by atoms with Crippen molar-refractivity contribution in [3.05, 3.63) is 0 Å². The molecule has 2 rings (SSSR count). The van der Waals surface area contributed by atoms with Crippen LogP contribution in [-0.4, -0.2) is 37.0 Å². The predicted molar refractivity (Wildman–Crippen MR) is 67.9 cm³/mol. The van der Waals surface area contributed by atoms with E-state index in [4.69, 9.17) is 0 Å². The molecule has 16 heavy (non-hydrogen) atoms. The molecule has 0 aromatic heterocycles. The van der Waals surface area contributed by atoms with Crippen LogP contribution in [0.2, 0.25) is 0 Å². The standard InChI is InChI=1S/C12H22N2O.ClH/c1-3-5-12(6-7-12)11(15)14(2)10-4-8-13-9-10;/h10,13H,3-9H2,1-2H3;1H. The maximum Gasteiger partial charge on any atom is 0.228 e. The van der Waals surface area contributed by atoms with Crippen molar-refractivity contribution in [2.75, 3.05) is 20.1 Å². The highest BCUT2D eigenvalue weighted by atomic mass is 35.5. The van der Waals surface area contributed by atoms with E-state index in [1.807, 2.05) is 11.9 Å². The van der Waals surface area contributed by atoms with E-state index < -0.39 is 0 Å². The molecule has 2 aliphatic rings. The van der Waals surface area contributed by atoms with Gasteiger partial charge in [-0.25, -0.2) is 0 Å². The van der Waals surface area contributed by atoms with Crippen LogP contribution in [0, 0.1) is 5.41 Å². The second kappa shape index (κ2) is 5.37. The number of amides is 1. The highest BCUT2D eigenvalue weighted by molar-refractivity contribution is 5.85. The monoisotopic (exact) mass is 246 g/mol. The fourth-order valence-electron chi connectivity index (χ4n) is 2.71. The molecule has 0 aromatic carbocycles. The van der Waals surface area contributed by atoms with Gasteiger partial charge < -0.3 is 10.2 Å². The van der Waals surface area contributed by atoms with E-state index in [-0.39, 0.29) is 17.8 Å². The average molecular weight is 247 g/mol. The first-order valence-corrected chi connectivity index (χ1v) is 6.17. The lowest BCUT2D eigenvalue weighted by atomic mass is 9.98. The molecule has 2 fully saturated rings. The Morgan fingerprint density at radius 3 is 2.62 bits per heavy atom. The Morgan fingerprint density at radius 2 is 2.19 bits per heavy atom. The van der Waals surface area contributed by atoms with Crippen LogP contribution in [0.15, 0.2) is 0 Å². The minimum atomic E-state index is 0. The van der Waals surface area contributed by atoms with Crippen LogP contribution in [0.4, 0.5) is 0 Å². The molecular formula is C12H23ClN2O. The van der Waals surface area contributed by atoms with Crippen LogP contribution in [0.3, 0.4) is 0 Å². The Hall–Kier alpha value is -0.280. The van der Waals surface area contributed by atoms with Gasteiger partial charge in [0.25, 0.3) is 0 Å². The summed E-state index contributed by atoms with van der Waals surface area (Å²) in [6.07, 6.45) is 5.55. The number of nitrogens with one attached hydrogen (secondary N) is 1. The van der Waals surface area contributed by atoms with E-state index in [9.17, 15) is 4.79 Å². The zero-order chi connectivity index (χ0) is 10.9. The molecule has 1 saturated carbocycles. The summed E-state index contributed by atoms with van der Waals surface area (Å²) in [5.74, 6) is 0.401. The van der Waals surface area contributed by atoms with Gasteiger partial charge in [0, 0.05) is 25.0 Å². The molecule has 4 heteroatoms. The lowest BCUT2D eigenvalue weighted by molar-refractivity contribution is -0.137. The zero-order valence-corrected chi connectivity index (χ0v) is 11.1. The van der Waals surface area contributed by atoms with E-state index in [1.54, 1.807) is 0 Å². The second-order valence-corrected chi connectivity index (χ2v) is 5.09. The highest BCUT2D eigenvalue weighted by Crippen LogP contribution is 2.51. The van der Waals surface area contributed by atoms with Gasteiger partial charge in [0.15, 0.2) is 0 Å². The first-order valence-electron chi connectivity index (χ1n) is 6.17. The minimum Gasteiger partial charge on any atom is -0.341 e. The van der Waals surface area contributed by atoms with Crippen molar-refractivity contribution < 1.29 is 4.79 Å². The van der Waals surface area contributed by atoms with Crippen molar-refractivity contribution in [2.45, 2.75) is 45.1 Å². The fraction of sp³-hybridized carbons (Fsp3) is 0.917. The van der Waals surface area contributed by atoms with Crippen LogP contribution in [0.25, 0.3) is 0 Å². The maximum atomic E-state index is 12.3. The lowest BCUT2D eigenvalue weighted by Crippen LogP contribution is -2.42. The van der Waals surface area contributed by atoms with Gasteiger partial charge in [-0.2, -0.15) is 0 Å². The van der Waals surface area contributed by atoms with Crippen LogP contribution < -0.4 is 5.32 Å². The number of carbonyl (C=O) groups excluding carboxylic acids is 1. The van der Waals surface area contributed by atoms with Gasteiger partial charge in [-0.15, -0.1) is 12.4 Å². The SMILES string of the molecule is CCCC1(C(=O)N(C)C2CCNC2)CC1.Cl. The summed E-state index contributed by atoms with van der Waals surface area (Å²) in [5, 5.41) is 3.32. The molecule has 1 aliphatic heterocycles. The average Bonchev–Trinajstić information content (AvgIpc) is 2.82. The van der Waals surface area contributed by atoms with E-state index in [0.717, 1.165) is 45.2 Å². The van der Waals surface area contributed by atoms with Gasteiger partial charge in [0.1, 0.15) is 0 Å². The van der Waals surface area contributed by atoms with Gasteiger partial charge in [-0.05, 0) is 32.2 Å². The van der Waals surface area contributed by atoms with E-state index in [2.05, 4.69) is 12.2 Å². The Balaban J connectivity index is 0.00000128. The third-order valence-electron chi connectivity index (χ3n) is 3.94. The topological polar surface area (TPSA) is 32.3 Å². The van der Waals surface area contributed by atoms with Gasteiger partial charge in [0.2, 0.25) is 5.91 Å². The number of halogens is 1. The Bertz CT molecular complexity index is 247. The number of nitrogens with zero attached hydrogens (tertiary/aromatic N) is 1. The second-order valence-electron chi connectivity index (χ2n) is 5.09. The summed E-state index contributed by atoms with van der Waals surface area (Å²) in [6.45, 7) is 4.21. The number of carbonyl (C=O) groups is 1. The van der Waals surface area contributed by atoms with Crippen LogP contribution in [0.5, 0.6) is 0 Å². The molecule has 1 unspecified atom stereocenters. The van der Waals surface area contributed by atoms with Crippen molar-refractivity contribution >= 4 is 18.3 Å². The van der Waals surface area contributed by atoms with Gasteiger partial charge in [-0.1, -0.05) is 13.3 Å². The highest BCUT2D eigenvalue weighted by Gasteiger charge is 2.50. The number of likely N-dealkylation sites (N-methyl/N-ethyl adjacent to an activating group) is 1. The molecule has 0 radical (unpaired) electrons. The van der Waals surface area contributed by atoms with Gasteiger partial charge >= 0.3 is 0 Å². The number of rotatable bonds is 4. The molecule has 1 amide bonds. The predicted octanol–water partition coefficient (Wildman–Crippen LogP) is 1.81. The van der Waals surface area contributed by atoms with Crippen LogP contribution in [0.1, 0.15) is 39.0 Å². The van der Waals surface area contributed by atoms with Crippen LogP contribution >= 0.6 is 12.4 Å². The summed E-state index contributed by atoms with van der Waals surface area (Å²) in [7, 11) is 1.98. The zero-order valence-electron chi connectivity index (χ0n) is 10.3.